The number of guanidine groups is 1. The third-order valence-corrected chi connectivity index (χ3v) is 5.33. The van der Waals surface area contributed by atoms with Crippen molar-refractivity contribution in [2.75, 3.05) is 60.8 Å². The van der Waals surface area contributed by atoms with Crippen LogP contribution < -0.4 is 20.1 Å². The molecule has 2 N–H and O–H groups in total. The predicted molar refractivity (Wildman–Crippen MR) is 122 cm³/mol. The Morgan fingerprint density at radius 1 is 1.21 bits per heavy atom. The minimum Gasteiger partial charge on any atom is -0.454 e. The van der Waals surface area contributed by atoms with Crippen molar-refractivity contribution in [2.24, 2.45) is 4.99 Å². The predicted octanol–water partition coefficient (Wildman–Crippen LogP) is 2.20. The topological polar surface area (TPSA) is 67.4 Å². The van der Waals surface area contributed by atoms with E-state index in [0.717, 1.165) is 56.7 Å². The summed E-state index contributed by atoms with van der Waals surface area (Å²) in [5, 5.41) is 6.90. The Labute approximate surface area is 185 Å². The molecule has 1 saturated carbocycles. The molecule has 0 bridgehead atoms. The van der Waals surface area contributed by atoms with E-state index in [4.69, 9.17) is 14.2 Å². The van der Waals surface area contributed by atoms with E-state index >= 15 is 0 Å². The van der Waals surface area contributed by atoms with Gasteiger partial charge in [-0.05, 0) is 44.0 Å². The van der Waals surface area contributed by atoms with Crippen LogP contribution in [0.4, 0.5) is 0 Å². The first-order chi connectivity index (χ1) is 13.2. The van der Waals surface area contributed by atoms with Crippen molar-refractivity contribution in [2.45, 2.75) is 24.7 Å². The van der Waals surface area contributed by atoms with Gasteiger partial charge in [0.2, 0.25) is 6.79 Å². The van der Waals surface area contributed by atoms with Gasteiger partial charge < -0.3 is 29.7 Å². The minimum absolute atomic E-state index is 0. The van der Waals surface area contributed by atoms with Crippen LogP contribution in [0.5, 0.6) is 11.5 Å². The SMILES string of the molecule is CN=C(NCCN(C)CCCOC)NCC1(c2ccc3c(c2)OCO3)CC1.I. The number of nitrogens with zero attached hydrogens (tertiary/aromatic N) is 2. The van der Waals surface area contributed by atoms with Crippen LogP contribution in [0.25, 0.3) is 0 Å². The van der Waals surface area contributed by atoms with Crippen molar-refractivity contribution in [3.8, 4) is 11.5 Å². The summed E-state index contributed by atoms with van der Waals surface area (Å²) in [7, 11) is 5.69. The summed E-state index contributed by atoms with van der Waals surface area (Å²) in [6.07, 6.45) is 3.41. The van der Waals surface area contributed by atoms with Crippen LogP contribution in [0.3, 0.4) is 0 Å². The van der Waals surface area contributed by atoms with Crippen LogP contribution in [-0.4, -0.2) is 71.6 Å². The molecule has 1 fully saturated rings. The number of hydrogen-bond donors (Lipinski definition) is 2. The van der Waals surface area contributed by atoms with Crippen LogP contribution in [0.2, 0.25) is 0 Å². The van der Waals surface area contributed by atoms with Crippen molar-refractivity contribution >= 4 is 29.9 Å². The van der Waals surface area contributed by atoms with Gasteiger partial charge in [-0.15, -0.1) is 24.0 Å². The second-order valence-electron chi connectivity index (χ2n) is 7.35. The van der Waals surface area contributed by atoms with E-state index in [-0.39, 0.29) is 29.4 Å². The lowest BCUT2D eigenvalue weighted by molar-refractivity contribution is 0.174. The summed E-state index contributed by atoms with van der Waals surface area (Å²) in [5.74, 6) is 2.56. The molecule has 1 heterocycles. The maximum atomic E-state index is 5.53. The third kappa shape index (κ3) is 6.12. The zero-order chi connectivity index (χ0) is 19.1. The lowest BCUT2D eigenvalue weighted by Crippen LogP contribution is -2.43. The first-order valence-corrected chi connectivity index (χ1v) is 9.69. The summed E-state index contributed by atoms with van der Waals surface area (Å²) in [6.45, 7) is 4.87. The van der Waals surface area contributed by atoms with E-state index in [1.165, 1.54) is 18.4 Å². The van der Waals surface area contributed by atoms with Gasteiger partial charge in [-0.1, -0.05) is 6.07 Å². The molecule has 0 amide bonds. The van der Waals surface area contributed by atoms with Gasteiger partial charge in [0.05, 0.1) is 0 Å². The van der Waals surface area contributed by atoms with E-state index in [0.29, 0.717) is 6.79 Å². The number of likely N-dealkylation sites (N-methyl/N-ethyl adjacent to an activating group) is 1. The van der Waals surface area contributed by atoms with E-state index in [1.54, 1.807) is 7.11 Å². The van der Waals surface area contributed by atoms with E-state index in [1.807, 2.05) is 13.1 Å². The third-order valence-electron chi connectivity index (χ3n) is 5.33. The molecule has 0 atom stereocenters. The average molecular weight is 504 g/mol. The Hall–Kier alpha value is -1.26. The average Bonchev–Trinajstić information content (AvgIpc) is 3.32. The van der Waals surface area contributed by atoms with Gasteiger partial charge in [0, 0.05) is 52.4 Å². The Balaban J connectivity index is 0.00000280. The smallest absolute Gasteiger partial charge is 0.231 e. The van der Waals surface area contributed by atoms with Gasteiger partial charge >= 0.3 is 0 Å². The van der Waals surface area contributed by atoms with Gasteiger partial charge in [-0.2, -0.15) is 0 Å². The maximum absolute atomic E-state index is 5.53. The molecule has 7 nitrogen and oxygen atoms in total. The van der Waals surface area contributed by atoms with Gasteiger partial charge in [0.15, 0.2) is 17.5 Å². The number of nitrogens with one attached hydrogen (secondary N) is 2. The molecule has 0 aromatic heterocycles. The fourth-order valence-corrected chi connectivity index (χ4v) is 3.37. The number of halogens is 1. The normalized spacial score (nSPS) is 16.6. The standard InChI is InChI=1S/C20H32N4O3.HI/c1-21-19(22-9-11-24(2)10-4-12-25-3)23-14-20(7-8-20)16-5-6-17-18(13-16)27-15-26-17;/h5-6,13H,4,7-12,14-15H2,1-3H3,(H2,21,22,23);1H. The van der Waals surface area contributed by atoms with Crippen molar-refractivity contribution in [3.63, 3.8) is 0 Å². The first kappa shape index (κ1) is 23.0. The second-order valence-corrected chi connectivity index (χ2v) is 7.35. The lowest BCUT2D eigenvalue weighted by atomic mass is 9.95. The summed E-state index contributed by atoms with van der Waals surface area (Å²) in [6, 6.07) is 6.31. The zero-order valence-electron chi connectivity index (χ0n) is 17.1. The highest BCUT2D eigenvalue weighted by atomic mass is 127. The van der Waals surface area contributed by atoms with Gasteiger partial charge in [-0.3, -0.25) is 4.99 Å². The molecule has 158 valence electrons. The van der Waals surface area contributed by atoms with Gasteiger partial charge in [-0.25, -0.2) is 0 Å². The monoisotopic (exact) mass is 504 g/mol. The first-order valence-electron chi connectivity index (χ1n) is 9.69. The number of methoxy groups -OCH3 is 1. The summed E-state index contributed by atoms with van der Waals surface area (Å²) < 4.78 is 16.0. The van der Waals surface area contributed by atoms with Gasteiger partial charge in [0.25, 0.3) is 0 Å². The van der Waals surface area contributed by atoms with E-state index in [2.05, 4.69) is 39.7 Å². The highest BCUT2D eigenvalue weighted by Gasteiger charge is 2.44. The number of ether oxygens (including phenoxy) is 3. The minimum atomic E-state index is 0. The number of fused-ring (bicyclic) bond motifs is 1. The van der Waals surface area contributed by atoms with Crippen molar-refractivity contribution in [3.05, 3.63) is 23.8 Å². The molecule has 0 radical (unpaired) electrons. The number of rotatable bonds is 10. The molecule has 0 saturated heterocycles. The Bertz CT molecular complexity index is 652. The highest BCUT2D eigenvalue weighted by Crippen LogP contribution is 2.49. The highest BCUT2D eigenvalue weighted by molar-refractivity contribution is 14.0. The number of benzene rings is 1. The second kappa shape index (κ2) is 11.1. The molecule has 3 rings (SSSR count). The van der Waals surface area contributed by atoms with Crippen LogP contribution in [-0.2, 0) is 10.2 Å². The largest absolute Gasteiger partial charge is 0.454 e. The molecule has 8 heteroatoms. The Morgan fingerprint density at radius 2 is 2.00 bits per heavy atom. The Kier molecular flexibility index (Phi) is 9.10. The molecule has 1 aromatic rings. The number of hydrogen-bond acceptors (Lipinski definition) is 5. The van der Waals surface area contributed by atoms with Gasteiger partial charge in [0.1, 0.15) is 0 Å². The van der Waals surface area contributed by atoms with Crippen LogP contribution in [0, 0.1) is 0 Å². The molecule has 1 aliphatic heterocycles. The fourth-order valence-electron chi connectivity index (χ4n) is 3.37. The quantitative estimate of drug-likeness (QED) is 0.221. The molecular formula is C20H33IN4O3. The van der Waals surface area contributed by atoms with Crippen molar-refractivity contribution < 1.29 is 14.2 Å². The lowest BCUT2D eigenvalue weighted by Gasteiger charge is -2.21. The molecule has 2 aliphatic rings. The molecular weight excluding hydrogens is 471 g/mol. The van der Waals surface area contributed by atoms with E-state index in [9.17, 15) is 0 Å². The summed E-state index contributed by atoms with van der Waals surface area (Å²) in [5.41, 5.74) is 1.49. The zero-order valence-corrected chi connectivity index (χ0v) is 19.5. The molecule has 1 aromatic carbocycles. The summed E-state index contributed by atoms with van der Waals surface area (Å²) in [4.78, 5) is 6.65. The van der Waals surface area contributed by atoms with Crippen molar-refractivity contribution in [1.29, 1.82) is 0 Å². The Morgan fingerprint density at radius 3 is 2.71 bits per heavy atom. The molecule has 0 spiro atoms. The molecule has 28 heavy (non-hydrogen) atoms. The molecule has 0 unspecified atom stereocenters. The molecule has 1 aliphatic carbocycles. The summed E-state index contributed by atoms with van der Waals surface area (Å²) >= 11 is 0. The van der Waals surface area contributed by atoms with Crippen LogP contribution in [0.1, 0.15) is 24.8 Å². The fraction of sp³-hybridized carbons (Fsp3) is 0.650. The van der Waals surface area contributed by atoms with Crippen molar-refractivity contribution in [1.82, 2.24) is 15.5 Å². The number of aliphatic imine (C=N–C) groups is 1. The van der Waals surface area contributed by atoms with Crippen LogP contribution in [0.15, 0.2) is 23.2 Å². The van der Waals surface area contributed by atoms with Crippen LogP contribution >= 0.6 is 24.0 Å². The maximum Gasteiger partial charge on any atom is 0.231 e. The van der Waals surface area contributed by atoms with E-state index < -0.39 is 0 Å².